The molecule has 1 fully saturated rings. The third-order valence-electron chi connectivity index (χ3n) is 4.59. The number of hydrogen-bond acceptors (Lipinski definition) is 6. The van der Waals surface area contributed by atoms with Gasteiger partial charge in [0.05, 0.1) is 41.8 Å². The highest BCUT2D eigenvalue weighted by Crippen LogP contribution is 2.21. The number of piperidine rings is 1. The third kappa shape index (κ3) is 3.69. The molecule has 0 saturated carbocycles. The van der Waals surface area contributed by atoms with Crippen LogP contribution in [0.2, 0.25) is 0 Å². The highest BCUT2D eigenvalue weighted by molar-refractivity contribution is 5.97. The van der Waals surface area contributed by atoms with Crippen LogP contribution in [0.3, 0.4) is 0 Å². The van der Waals surface area contributed by atoms with Crippen LogP contribution in [0.5, 0.6) is 5.88 Å². The van der Waals surface area contributed by atoms with Gasteiger partial charge in [-0.15, -0.1) is 0 Å². The number of benzene rings is 1. The lowest BCUT2D eigenvalue weighted by molar-refractivity contribution is 0.0527. The van der Waals surface area contributed by atoms with E-state index in [2.05, 4.69) is 21.3 Å². The second-order valence-corrected chi connectivity index (χ2v) is 6.46. The average molecular weight is 374 g/mol. The van der Waals surface area contributed by atoms with Crippen molar-refractivity contribution in [1.82, 2.24) is 24.9 Å². The number of amides is 1. The van der Waals surface area contributed by atoms with Gasteiger partial charge in [-0.05, 0) is 31.0 Å². The molecule has 1 amide bonds. The molecule has 4 rings (SSSR count). The molecule has 0 N–H and O–H groups in total. The number of para-hydroxylation sites is 1. The van der Waals surface area contributed by atoms with Crippen molar-refractivity contribution in [2.45, 2.75) is 18.9 Å². The molecule has 140 valence electrons. The molecular weight excluding hydrogens is 356 g/mol. The predicted molar refractivity (Wildman–Crippen MR) is 99.9 cm³/mol. The second-order valence-electron chi connectivity index (χ2n) is 6.46. The molecule has 1 aromatic carbocycles. The molecule has 0 aliphatic carbocycles. The van der Waals surface area contributed by atoms with E-state index in [1.54, 1.807) is 41.7 Å². The fourth-order valence-corrected chi connectivity index (χ4v) is 3.27. The van der Waals surface area contributed by atoms with Gasteiger partial charge in [-0.3, -0.25) is 4.79 Å². The first kappa shape index (κ1) is 17.7. The Hall–Kier alpha value is -3.73. The number of likely N-dealkylation sites (tertiary alicyclic amines) is 1. The number of nitriles is 1. The predicted octanol–water partition coefficient (Wildman–Crippen LogP) is 2.22. The highest BCUT2D eigenvalue weighted by atomic mass is 16.5. The number of aromatic nitrogens is 4. The summed E-state index contributed by atoms with van der Waals surface area (Å²) < 4.78 is 5.93. The van der Waals surface area contributed by atoms with Gasteiger partial charge in [0, 0.05) is 18.8 Å². The van der Waals surface area contributed by atoms with E-state index in [1.807, 2.05) is 18.2 Å². The number of carbonyl (C=O) groups excluding carboxylic acids is 1. The lowest BCUT2D eigenvalue weighted by atomic mass is 10.1. The maximum atomic E-state index is 13.2. The number of nitrogens with zero attached hydrogens (tertiary/aromatic N) is 6. The van der Waals surface area contributed by atoms with Crippen molar-refractivity contribution in [3.05, 3.63) is 66.1 Å². The van der Waals surface area contributed by atoms with Crippen LogP contribution in [0.1, 0.15) is 28.8 Å². The molecule has 0 unspecified atom stereocenters. The van der Waals surface area contributed by atoms with E-state index in [-0.39, 0.29) is 12.0 Å². The summed E-state index contributed by atoms with van der Waals surface area (Å²) in [7, 11) is 0. The van der Waals surface area contributed by atoms with Gasteiger partial charge in [0.1, 0.15) is 6.10 Å². The maximum absolute atomic E-state index is 13.2. The lowest BCUT2D eigenvalue weighted by Gasteiger charge is -2.33. The first-order valence-corrected chi connectivity index (χ1v) is 9.02. The van der Waals surface area contributed by atoms with Crippen LogP contribution in [-0.4, -0.2) is 50.0 Å². The van der Waals surface area contributed by atoms with Crippen LogP contribution in [0.4, 0.5) is 0 Å². The lowest BCUT2D eigenvalue weighted by Crippen LogP contribution is -2.44. The summed E-state index contributed by atoms with van der Waals surface area (Å²) in [5.74, 6) is 0.319. The van der Waals surface area contributed by atoms with Crippen LogP contribution in [-0.2, 0) is 0 Å². The average Bonchev–Trinajstić information content (AvgIpc) is 3.28. The molecular formula is C20H18N6O2. The second kappa shape index (κ2) is 7.88. The summed E-state index contributed by atoms with van der Waals surface area (Å²) in [6.45, 7) is 1.11. The molecule has 3 aromatic rings. The van der Waals surface area contributed by atoms with E-state index < -0.39 is 0 Å². The van der Waals surface area contributed by atoms with Crippen LogP contribution in [0.25, 0.3) is 5.69 Å². The highest BCUT2D eigenvalue weighted by Gasteiger charge is 2.27. The molecule has 1 atom stereocenters. The SMILES string of the molecule is N#Cc1ccnc(O[C@@H]2CCCN(C(=O)c3ccccc3-n3nccn3)C2)c1. The molecule has 8 nitrogen and oxygen atoms in total. The van der Waals surface area contributed by atoms with Crippen LogP contribution >= 0.6 is 0 Å². The molecule has 0 bridgehead atoms. The molecule has 0 spiro atoms. The van der Waals surface area contributed by atoms with Gasteiger partial charge >= 0.3 is 0 Å². The Morgan fingerprint density at radius 3 is 2.82 bits per heavy atom. The van der Waals surface area contributed by atoms with Gasteiger partial charge in [-0.25, -0.2) is 4.98 Å². The summed E-state index contributed by atoms with van der Waals surface area (Å²) in [6, 6.07) is 12.6. The molecule has 8 heteroatoms. The Bertz CT molecular complexity index is 1010. The van der Waals surface area contributed by atoms with E-state index in [0.717, 1.165) is 12.8 Å². The third-order valence-corrected chi connectivity index (χ3v) is 4.59. The number of rotatable bonds is 4. The minimum atomic E-state index is -0.172. The molecule has 1 aliphatic heterocycles. The largest absolute Gasteiger partial charge is 0.472 e. The molecule has 1 saturated heterocycles. The quantitative estimate of drug-likeness (QED) is 0.695. The molecule has 3 heterocycles. The van der Waals surface area contributed by atoms with E-state index >= 15 is 0 Å². The Balaban J connectivity index is 1.51. The van der Waals surface area contributed by atoms with Gasteiger partial charge in [-0.1, -0.05) is 12.1 Å². The van der Waals surface area contributed by atoms with Crippen molar-refractivity contribution < 1.29 is 9.53 Å². The van der Waals surface area contributed by atoms with Crippen LogP contribution < -0.4 is 4.74 Å². The minimum Gasteiger partial charge on any atom is -0.472 e. The summed E-state index contributed by atoms with van der Waals surface area (Å²) in [5.41, 5.74) is 1.68. The van der Waals surface area contributed by atoms with Crippen molar-refractivity contribution in [3.8, 4) is 17.6 Å². The Morgan fingerprint density at radius 2 is 2.00 bits per heavy atom. The first-order valence-electron chi connectivity index (χ1n) is 9.02. The van der Waals surface area contributed by atoms with E-state index in [9.17, 15) is 4.79 Å². The Kier molecular flexibility index (Phi) is 4.97. The zero-order valence-electron chi connectivity index (χ0n) is 15.1. The first-order chi connectivity index (χ1) is 13.7. The molecule has 1 aliphatic rings. The van der Waals surface area contributed by atoms with Crippen molar-refractivity contribution in [3.63, 3.8) is 0 Å². The zero-order valence-corrected chi connectivity index (χ0v) is 15.1. The normalized spacial score (nSPS) is 16.4. The van der Waals surface area contributed by atoms with Gasteiger partial charge in [-0.2, -0.15) is 20.3 Å². The molecule has 0 radical (unpaired) electrons. The zero-order chi connectivity index (χ0) is 19.3. The van der Waals surface area contributed by atoms with E-state index in [4.69, 9.17) is 10.00 Å². The van der Waals surface area contributed by atoms with E-state index in [1.165, 1.54) is 4.80 Å². The standard InChI is InChI=1S/C20H18N6O2/c21-13-15-7-8-22-19(12-15)28-16-4-3-11-25(14-16)20(27)17-5-1-2-6-18(17)26-23-9-10-24-26/h1-2,5-10,12,16H,3-4,11,14H2/t16-/m1/s1. The van der Waals surface area contributed by atoms with Crippen LogP contribution in [0, 0.1) is 11.3 Å². The van der Waals surface area contributed by atoms with Crippen molar-refractivity contribution in [2.24, 2.45) is 0 Å². The van der Waals surface area contributed by atoms with Crippen molar-refractivity contribution >= 4 is 5.91 Å². The number of pyridine rings is 1. The summed E-state index contributed by atoms with van der Waals surface area (Å²) in [6.07, 6.45) is 6.19. The molecule has 28 heavy (non-hydrogen) atoms. The monoisotopic (exact) mass is 374 g/mol. The molecule has 2 aromatic heterocycles. The van der Waals surface area contributed by atoms with Gasteiger partial charge in [0.15, 0.2) is 0 Å². The van der Waals surface area contributed by atoms with Crippen molar-refractivity contribution in [2.75, 3.05) is 13.1 Å². The topological polar surface area (TPSA) is 96.9 Å². The fraction of sp³-hybridized carbons (Fsp3) is 0.250. The minimum absolute atomic E-state index is 0.0834. The Labute approximate surface area is 162 Å². The number of hydrogen-bond donors (Lipinski definition) is 0. The van der Waals surface area contributed by atoms with Crippen LogP contribution in [0.15, 0.2) is 55.0 Å². The fourth-order valence-electron chi connectivity index (χ4n) is 3.27. The summed E-state index contributed by atoms with van der Waals surface area (Å²) >= 11 is 0. The summed E-state index contributed by atoms with van der Waals surface area (Å²) in [4.78, 5) is 20.5. The maximum Gasteiger partial charge on any atom is 0.256 e. The number of ether oxygens (including phenoxy) is 1. The van der Waals surface area contributed by atoms with E-state index in [0.29, 0.717) is 35.8 Å². The van der Waals surface area contributed by atoms with Gasteiger partial charge < -0.3 is 9.64 Å². The Morgan fingerprint density at radius 1 is 1.18 bits per heavy atom. The summed E-state index contributed by atoms with van der Waals surface area (Å²) in [5, 5.41) is 17.3. The van der Waals surface area contributed by atoms with Crippen molar-refractivity contribution in [1.29, 1.82) is 5.26 Å². The van der Waals surface area contributed by atoms with Gasteiger partial charge in [0.25, 0.3) is 5.91 Å². The smallest absolute Gasteiger partial charge is 0.256 e. The number of carbonyl (C=O) groups is 1. The van der Waals surface area contributed by atoms with Gasteiger partial charge in [0.2, 0.25) is 5.88 Å².